The van der Waals surface area contributed by atoms with E-state index in [0.717, 1.165) is 12.8 Å². The number of amides is 3. The summed E-state index contributed by atoms with van der Waals surface area (Å²) in [5, 5.41) is 5.58. The van der Waals surface area contributed by atoms with E-state index < -0.39 is 0 Å². The van der Waals surface area contributed by atoms with Crippen LogP contribution in [-0.2, 0) is 14.4 Å². The molecule has 6 nitrogen and oxygen atoms in total. The van der Waals surface area contributed by atoms with Crippen molar-refractivity contribution in [2.75, 3.05) is 19.6 Å². The van der Waals surface area contributed by atoms with Gasteiger partial charge in [0.05, 0.1) is 5.92 Å². The van der Waals surface area contributed by atoms with Gasteiger partial charge in [0.25, 0.3) is 0 Å². The van der Waals surface area contributed by atoms with E-state index in [1.807, 2.05) is 18.7 Å². The lowest BCUT2D eigenvalue weighted by Gasteiger charge is -2.23. The number of nitrogens with one attached hydrogen (secondary N) is 2. The van der Waals surface area contributed by atoms with Gasteiger partial charge < -0.3 is 15.5 Å². The van der Waals surface area contributed by atoms with E-state index in [0.29, 0.717) is 32.1 Å². The Balaban J connectivity index is 1.70. The molecule has 1 heterocycles. The average molecular weight is 309 g/mol. The zero-order valence-corrected chi connectivity index (χ0v) is 13.6. The van der Waals surface area contributed by atoms with Crippen molar-refractivity contribution in [1.82, 2.24) is 15.5 Å². The minimum atomic E-state index is -0.242. The topological polar surface area (TPSA) is 78.5 Å². The Kier molecular flexibility index (Phi) is 5.80. The normalized spacial score (nSPS) is 22.4. The number of carbonyl (C=O) groups is 3. The Morgan fingerprint density at radius 3 is 2.45 bits per heavy atom. The number of hydrogen-bond acceptors (Lipinski definition) is 3. The number of nitrogens with zero attached hydrogens (tertiary/aromatic N) is 1. The Morgan fingerprint density at radius 1 is 1.18 bits per heavy atom. The highest BCUT2D eigenvalue weighted by Crippen LogP contribution is 2.29. The molecule has 0 aromatic carbocycles. The summed E-state index contributed by atoms with van der Waals surface area (Å²) in [6.07, 6.45) is 4.82. The van der Waals surface area contributed by atoms with Crippen LogP contribution in [0, 0.1) is 11.8 Å². The standard InChI is InChI=1S/C16H27N3O3/c1-11(2)15(21)17-7-8-18-16(22)12-9-14(20)19(10-12)13-5-3-4-6-13/h11-13H,3-10H2,1-2H3,(H,17,21)(H,18,22). The first kappa shape index (κ1) is 16.8. The van der Waals surface area contributed by atoms with Gasteiger partial charge in [-0.1, -0.05) is 26.7 Å². The monoisotopic (exact) mass is 309 g/mol. The molecule has 1 saturated heterocycles. The van der Waals surface area contributed by atoms with Crippen molar-refractivity contribution in [2.24, 2.45) is 11.8 Å². The van der Waals surface area contributed by atoms with Crippen molar-refractivity contribution in [3.8, 4) is 0 Å². The van der Waals surface area contributed by atoms with E-state index >= 15 is 0 Å². The zero-order valence-electron chi connectivity index (χ0n) is 13.6. The molecule has 0 aromatic heterocycles. The van der Waals surface area contributed by atoms with Crippen molar-refractivity contribution in [3.63, 3.8) is 0 Å². The van der Waals surface area contributed by atoms with Gasteiger partial charge in [-0.05, 0) is 12.8 Å². The van der Waals surface area contributed by atoms with Crippen molar-refractivity contribution in [1.29, 1.82) is 0 Å². The third-order valence-electron chi connectivity index (χ3n) is 4.54. The van der Waals surface area contributed by atoms with Gasteiger partial charge in [0.1, 0.15) is 0 Å². The third-order valence-corrected chi connectivity index (χ3v) is 4.54. The molecule has 1 atom stereocenters. The second-order valence-electron chi connectivity index (χ2n) is 6.62. The van der Waals surface area contributed by atoms with Crippen LogP contribution in [0.5, 0.6) is 0 Å². The molecule has 0 radical (unpaired) electrons. The smallest absolute Gasteiger partial charge is 0.225 e. The van der Waals surface area contributed by atoms with Crippen LogP contribution >= 0.6 is 0 Å². The van der Waals surface area contributed by atoms with E-state index in [1.54, 1.807) is 0 Å². The van der Waals surface area contributed by atoms with Gasteiger partial charge in [-0.25, -0.2) is 0 Å². The summed E-state index contributed by atoms with van der Waals surface area (Å²) in [7, 11) is 0. The van der Waals surface area contributed by atoms with Gasteiger partial charge in [0.15, 0.2) is 0 Å². The lowest BCUT2D eigenvalue weighted by molar-refractivity contribution is -0.130. The summed E-state index contributed by atoms with van der Waals surface area (Å²) in [5.74, 6) is -0.275. The maximum atomic E-state index is 12.1. The molecule has 3 amide bonds. The van der Waals surface area contributed by atoms with Crippen LogP contribution in [0.25, 0.3) is 0 Å². The van der Waals surface area contributed by atoms with Crippen molar-refractivity contribution >= 4 is 17.7 Å². The highest BCUT2D eigenvalue weighted by Gasteiger charge is 2.38. The Hall–Kier alpha value is -1.59. The first-order valence-electron chi connectivity index (χ1n) is 8.34. The number of carbonyl (C=O) groups excluding carboxylic acids is 3. The number of likely N-dealkylation sites (tertiary alicyclic amines) is 1. The second-order valence-corrected chi connectivity index (χ2v) is 6.62. The highest BCUT2D eigenvalue weighted by atomic mass is 16.2. The molecule has 2 aliphatic rings. The van der Waals surface area contributed by atoms with Gasteiger partial charge in [0, 0.05) is 38.0 Å². The molecule has 124 valence electrons. The molecule has 0 aromatic rings. The Bertz CT molecular complexity index is 430. The summed E-state index contributed by atoms with van der Waals surface area (Å²) < 4.78 is 0. The molecule has 1 aliphatic carbocycles. The van der Waals surface area contributed by atoms with Crippen LogP contribution in [0.4, 0.5) is 0 Å². The van der Waals surface area contributed by atoms with Crippen molar-refractivity contribution in [2.45, 2.75) is 52.0 Å². The molecule has 1 saturated carbocycles. The maximum absolute atomic E-state index is 12.1. The summed E-state index contributed by atoms with van der Waals surface area (Å²) >= 11 is 0. The Morgan fingerprint density at radius 2 is 1.82 bits per heavy atom. The summed E-state index contributed by atoms with van der Waals surface area (Å²) in [6.45, 7) is 5.04. The van der Waals surface area contributed by atoms with E-state index in [4.69, 9.17) is 0 Å². The highest BCUT2D eigenvalue weighted by molar-refractivity contribution is 5.89. The van der Waals surface area contributed by atoms with E-state index in [1.165, 1.54) is 12.8 Å². The average Bonchev–Trinajstić information content (AvgIpc) is 3.11. The van der Waals surface area contributed by atoms with Gasteiger partial charge >= 0.3 is 0 Å². The molecule has 22 heavy (non-hydrogen) atoms. The minimum absolute atomic E-state index is 0.0160. The molecule has 0 bridgehead atoms. The second kappa shape index (κ2) is 7.61. The fourth-order valence-corrected chi connectivity index (χ4v) is 3.20. The predicted octanol–water partition coefficient (Wildman–Crippen LogP) is 0.666. The molecular weight excluding hydrogens is 282 g/mol. The van der Waals surface area contributed by atoms with Gasteiger partial charge in [0.2, 0.25) is 17.7 Å². The Labute approximate surface area is 132 Å². The molecule has 0 spiro atoms. The third kappa shape index (κ3) is 4.21. The summed E-state index contributed by atoms with van der Waals surface area (Å²) in [4.78, 5) is 37.5. The molecule has 1 aliphatic heterocycles. The molecule has 2 N–H and O–H groups in total. The number of hydrogen-bond donors (Lipinski definition) is 2. The van der Waals surface area contributed by atoms with Crippen molar-refractivity contribution < 1.29 is 14.4 Å². The van der Waals surface area contributed by atoms with E-state index in [9.17, 15) is 14.4 Å². The zero-order chi connectivity index (χ0) is 16.1. The van der Waals surface area contributed by atoms with Crippen LogP contribution in [0.3, 0.4) is 0 Å². The maximum Gasteiger partial charge on any atom is 0.225 e. The number of rotatable bonds is 6. The molecule has 2 rings (SSSR count). The molecular formula is C16H27N3O3. The lowest BCUT2D eigenvalue weighted by Crippen LogP contribution is -2.40. The SMILES string of the molecule is CC(C)C(=O)NCCNC(=O)C1CC(=O)N(C2CCCC2)C1. The fourth-order valence-electron chi connectivity index (χ4n) is 3.20. The summed E-state index contributed by atoms with van der Waals surface area (Å²) in [5.41, 5.74) is 0. The van der Waals surface area contributed by atoms with E-state index in [-0.39, 0.29) is 29.6 Å². The fraction of sp³-hybridized carbons (Fsp3) is 0.812. The minimum Gasteiger partial charge on any atom is -0.354 e. The molecule has 1 unspecified atom stereocenters. The van der Waals surface area contributed by atoms with Crippen molar-refractivity contribution in [3.05, 3.63) is 0 Å². The molecule has 2 fully saturated rings. The lowest BCUT2D eigenvalue weighted by atomic mass is 10.1. The van der Waals surface area contributed by atoms with Gasteiger partial charge in [-0.3, -0.25) is 14.4 Å². The first-order valence-corrected chi connectivity index (χ1v) is 8.34. The first-order chi connectivity index (χ1) is 10.5. The van der Waals surface area contributed by atoms with Crippen LogP contribution in [0.2, 0.25) is 0 Å². The predicted molar refractivity (Wildman–Crippen MR) is 82.9 cm³/mol. The van der Waals surface area contributed by atoms with Crippen LogP contribution in [0.1, 0.15) is 46.0 Å². The van der Waals surface area contributed by atoms with Gasteiger partial charge in [-0.15, -0.1) is 0 Å². The molecule has 6 heteroatoms. The quantitative estimate of drug-likeness (QED) is 0.708. The largest absolute Gasteiger partial charge is 0.354 e. The summed E-state index contributed by atoms with van der Waals surface area (Å²) in [6, 6.07) is 0.343. The van der Waals surface area contributed by atoms with Gasteiger partial charge in [-0.2, -0.15) is 0 Å². The van der Waals surface area contributed by atoms with Crippen LogP contribution in [0.15, 0.2) is 0 Å². The van der Waals surface area contributed by atoms with Crippen LogP contribution in [-0.4, -0.2) is 48.3 Å². The van der Waals surface area contributed by atoms with Crippen LogP contribution < -0.4 is 10.6 Å². The van der Waals surface area contributed by atoms with E-state index in [2.05, 4.69) is 10.6 Å².